The van der Waals surface area contributed by atoms with Gasteiger partial charge in [-0.05, 0) is 43.0 Å². The minimum Gasteiger partial charge on any atom is -0.342 e. The van der Waals surface area contributed by atoms with Gasteiger partial charge in [0.05, 0.1) is 5.92 Å². The van der Waals surface area contributed by atoms with Crippen LogP contribution in [-0.2, 0) is 4.79 Å². The fourth-order valence-electron chi connectivity index (χ4n) is 4.12. The standard InChI is InChI=1S/C24H26N4O/c1-2-21(18-7-4-3-5-8-18)24(29)28-16-6-9-20(17-28)22-12-15-26-23(27-22)19-10-13-25-14-11-19/h3-5,7-8,10-15,20-21H,2,6,9,16-17H2,1H3/t20-,21+/m1/s1. The molecule has 3 aromatic rings. The number of hydrogen-bond donors (Lipinski definition) is 0. The molecule has 1 amide bonds. The second-order valence-corrected chi connectivity index (χ2v) is 7.54. The Labute approximate surface area is 171 Å². The minimum atomic E-state index is -0.0762. The van der Waals surface area contributed by atoms with Crippen LogP contribution in [0.25, 0.3) is 11.4 Å². The fraction of sp³-hybridized carbons (Fsp3) is 0.333. The summed E-state index contributed by atoms with van der Waals surface area (Å²) >= 11 is 0. The molecule has 148 valence electrons. The molecule has 0 N–H and O–H groups in total. The lowest BCUT2D eigenvalue weighted by Gasteiger charge is -2.35. The zero-order chi connectivity index (χ0) is 20.1. The Balaban J connectivity index is 1.52. The summed E-state index contributed by atoms with van der Waals surface area (Å²) in [4.78, 5) is 28.6. The van der Waals surface area contributed by atoms with Gasteiger partial charge in [0.1, 0.15) is 0 Å². The van der Waals surface area contributed by atoms with E-state index in [1.54, 1.807) is 12.4 Å². The number of piperidine rings is 1. The van der Waals surface area contributed by atoms with Gasteiger partial charge in [-0.1, -0.05) is 37.3 Å². The summed E-state index contributed by atoms with van der Waals surface area (Å²) in [5, 5.41) is 0. The third kappa shape index (κ3) is 4.34. The van der Waals surface area contributed by atoms with Crippen LogP contribution in [0, 0.1) is 0 Å². The lowest BCUT2D eigenvalue weighted by atomic mass is 9.90. The minimum absolute atomic E-state index is 0.0762. The van der Waals surface area contributed by atoms with Gasteiger partial charge in [-0.25, -0.2) is 9.97 Å². The SMILES string of the molecule is CC[C@H](C(=O)N1CCC[C@@H](c2ccnc(-c3ccncc3)n2)C1)c1ccccc1. The Morgan fingerprint density at radius 2 is 1.90 bits per heavy atom. The van der Waals surface area contributed by atoms with Gasteiger partial charge in [0, 0.05) is 48.9 Å². The highest BCUT2D eigenvalue weighted by Crippen LogP contribution is 2.30. The predicted octanol–water partition coefficient (Wildman–Crippen LogP) is 4.44. The number of likely N-dealkylation sites (tertiary alicyclic amines) is 1. The molecule has 1 aliphatic rings. The van der Waals surface area contributed by atoms with E-state index < -0.39 is 0 Å². The summed E-state index contributed by atoms with van der Waals surface area (Å²) in [7, 11) is 0. The van der Waals surface area contributed by atoms with Gasteiger partial charge < -0.3 is 4.90 Å². The van der Waals surface area contributed by atoms with Crippen molar-refractivity contribution in [3.63, 3.8) is 0 Å². The molecule has 0 unspecified atom stereocenters. The van der Waals surface area contributed by atoms with Crippen molar-refractivity contribution >= 4 is 5.91 Å². The van der Waals surface area contributed by atoms with Crippen molar-refractivity contribution in [3.8, 4) is 11.4 Å². The average Bonchev–Trinajstić information content (AvgIpc) is 2.81. The van der Waals surface area contributed by atoms with Crippen LogP contribution >= 0.6 is 0 Å². The average molecular weight is 386 g/mol. The Morgan fingerprint density at radius 1 is 1.10 bits per heavy atom. The van der Waals surface area contributed by atoms with Crippen LogP contribution in [0.15, 0.2) is 67.1 Å². The van der Waals surface area contributed by atoms with Gasteiger partial charge in [-0.15, -0.1) is 0 Å². The van der Waals surface area contributed by atoms with E-state index in [2.05, 4.69) is 29.0 Å². The Morgan fingerprint density at radius 3 is 2.66 bits per heavy atom. The van der Waals surface area contributed by atoms with E-state index in [1.807, 2.05) is 47.5 Å². The lowest BCUT2D eigenvalue weighted by Crippen LogP contribution is -2.41. The molecule has 0 bridgehead atoms. The molecular weight excluding hydrogens is 360 g/mol. The van der Waals surface area contributed by atoms with E-state index in [0.29, 0.717) is 5.82 Å². The summed E-state index contributed by atoms with van der Waals surface area (Å²) in [6.07, 6.45) is 8.16. The first-order chi connectivity index (χ1) is 14.3. The maximum Gasteiger partial charge on any atom is 0.230 e. The quantitative estimate of drug-likeness (QED) is 0.650. The van der Waals surface area contributed by atoms with E-state index in [9.17, 15) is 4.79 Å². The van der Waals surface area contributed by atoms with Crippen molar-refractivity contribution in [2.24, 2.45) is 0 Å². The molecule has 1 saturated heterocycles. The number of rotatable bonds is 5. The van der Waals surface area contributed by atoms with Crippen molar-refractivity contribution in [2.75, 3.05) is 13.1 Å². The molecule has 2 atom stereocenters. The third-order valence-corrected chi connectivity index (χ3v) is 5.68. The normalized spacial score (nSPS) is 17.7. The molecule has 0 aliphatic carbocycles. The van der Waals surface area contributed by atoms with E-state index in [4.69, 9.17) is 4.98 Å². The third-order valence-electron chi connectivity index (χ3n) is 5.68. The fourth-order valence-corrected chi connectivity index (χ4v) is 4.12. The lowest BCUT2D eigenvalue weighted by molar-refractivity contribution is -0.134. The maximum atomic E-state index is 13.3. The number of carbonyl (C=O) groups excluding carboxylic acids is 1. The van der Waals surface area contributed by atoms with Crippen LogP contribution in [0.4, 0.5) is 0 Å². The summed E-state index contributed by atoms with van der Waals surface area (Å²) in [6.45, 7) is 3.62. The number of benzene rings is 1. The molecule has 4 rings (SSSR count). The molecular formula is C24H26N4O. The van der Waals surface area contributed by atoms with Crippen LogP contribution in [0.1, 0.15) is 49.3 Å². The molecule has 2 aromatic heterocycles. The maximum absolute atomic E-state index is 13.3. The summed E-state index contributed by atoms with van der Waals surface area (Å²) in [5.74, 6) is 1.10. The molecule has 5 nitrogen and oxygen atoms in total. The van der Waals surface area contributed by atoms with Gasteiger partial charge >= 0.3 is 0 Å². The van der Waals surface area contributed by atoms with Crippen molar-refractivity contribution < 1.29 is 4.79 Å². The smallest absolute Gasteiger partial charge is 0.230 e. The van der Waals surface area contributed by atoms with Crippen LogP contribution in [0.5, 0.6) is 0 Å². The van der Waals surface area contributed by atoms with Crippen LogP contribution in [0.2, 0.25) is 0 Å². The first-order valence-electron chi connectivity index (χ1n) is 10.3. The van der Waals surface area contributed by atoms with Gasteiger partial charge in [0.25, 0.3) is 0 Å². The number of hydrogen-bond acceptors (Lipinski definition) is 4. The van der Waals surface area contributed by atoms with Gasteiger partial charge in [0.2, 0.25) is 5.91 Å². The van der Waals surface area contributed by atoms with E-state index in [1.165, 1.54) is 0 Å². The first kappa shape index (κ1) is 19.2. The molecule has 5 heteroatoms. The second kappa shape index (κ2) is 8.95. The van der Waals surface area contributed by atoms with E-state index in [-0.39, 0.29) is 17.7 Å². The summed E-state index contributed by atoms with van der Waals surface area (Å²) < 4.78 is 0. The summed E-state index contributed by atoms with van der Waals surface area (Å²) in [5.41, 5.74) is 3.07. The van der Waals surface area contributed by atoms with Gasteiger partial charge in [-0.3, -0.25) is 9.78 Å². The largest absolute Gasteiger partial charge is 0.342 e. The van der Waals surface area contributed by atoms with E-state index >= 15 is 0 Å². The predicted molar refractivity (Wildman–Crippen MR) is 113 cm³/mol. The first-order valence-corrected chi connectivity index (χ1v) is 10.3. The topological polar surface area (TPSA) is 59.0 Å². The van der Waals surface area contributed by atoms with Crippen molar-refractivity contribution in [1.82, 2.24) is 19.9 Å². The zero-order valence-corrected chi connectivity index (χ0v) is 16.7. The number of pyridine rings is 1. The Bertz CT molecular complexity index is 945. The molecule has 0 radical (unpaired) electrons. The van der Waals surface area contributed by atoms with E-state index in [0.717, 1.165) is 49.2 Å². The highest BCUT2D eigenvalue weighted by atomic mass is 16.2. The molecule has 3 heterocycles. The number of carbonyl (C=O) groups is 1. The van der Waals surface area contributed by atoms with Gasteiger partial charge in [0.15, 0.2) is 5.82 Å². The zero-order valence-electron chi connectivity index (χ0n) is 16.7. The Hall–Kier alpha value is -3.08. The highest BCUT2D eigenvalue weighted by Gasteiger charge is 2.30. The molecule has 1 fully saturated rings. The molecule has 29 heavy (non-hydrogen) atoms. The Kier molecular flexibility index (Phi) is 5.94. The monoisotopic (exact) mass is 386 g/mol. The molecule has 1 aromatic carbocycles. The second-order valence-electron chi connectivity index (χ2n) is 7.54. The number of aromatic nitrogens is 3. The van der Waals surface area contributed by atoms with Crippen molar-refractivity contribution in [3.05, 3.63) is 78.4 Å². The number of nitrogens with zero attached hydrogens (tertiary/aromatic N) is 4. The van der Waals surface area contributed by atoms with Crippen LogP contribution < -0.4 is 0 Å². The van der Waals surface area contributed by atoms with Crippen LogP contribution in [0.3, 0.4) is 0 Å². The molecule has 1 aliphatic heterocycles. The molecule has 0 saturated carbocycles. The van der Waals surface area contributed by atoms with Crippen LogP contribution in [-0.4, -0.2) is 38.8 Å². The van der Waals surface area contributed by atoms with Gasteiger partial charge in [-0.2, -0.15) is 0 Å². The highest BCUT2D eigenvalue weighted by molar-refractivity contribution is 5.83. The number of amides is 1. The van der Waals surface area contributed by atoms with Crippen molar-refractivity contribution in [1.29, 1.82) is 0 Å². The molecule has 0 spiro atoms. The van der Waals surface area contributed by atoms with Crippen molar-refractivity contribution in [2.45, 2.75) is 38.0 Å². The summed E-state index contributed by atoms with van der Waals surface area (Å²) in [6, 6.07) is 15.9.